The zero-order valence-corrected chi connectivity index (χ0v) is 18.4. The molecule has 0 saturated heterocycles. The summed E-state index contributed by atoms with van der Waals surface area (Å²) >= 11 is 1.49. The third kappa shape index (κ3) is 4.63. The van der Waals surface area contributed by atoms with Gasteiger partial charge < -0.3 is 14.6 Å². The maximum Gasteiger partial charge on any atom is 0.206 e. The van der Waals surface area contributed by atoms with Gasteiger partial charge in [-0.15, -0.1) is 11.3 Å². The van der Waals surface area contributed by atoms with E-state index in [1.807, 2.05) is 43.5 Å². The van der Waals surface area contributed by atoms with Crippen molar-refractivity contribution < 1.29 is 14.6 Å². The Morgan fingerprint density at radius 1 is 1.13 bits per heavy atom. The molecule has 1 N–H and O–H groups in total. The lowest BCUT2D eigenvalue weighted by atomic mass is 10.1. The van der Waals surface area contributed by atoms with Crippen molar-refractivity contribution in [2.75, 3.05) is 20.8 Å². The molecule has 1 heterocycles. The Morgan fingerprint density at radius 2 is 1.90 bits per heavy atom. The molecule has 0 saturated carbocycles. The molecule has 0 aliphatic rings. The Labute approximate surface area is 180 Å². The minimum Gasteiger partial charge on any atom is -0.507 e. The van der Waals surface area contributed by atoms with Crippen LogP contribution in [0.2, 0.25) is 0 Å². The summed E-state index contributed by atoms with van der Waals surface area (Å²) in [7, 11) is 3.21. The van der Waals surface area contributed by atoms with Gasteiger partial charge in [-0.2, -0.15) is 5.10 Å². The van der Waals surface area contributed by atoms with Gasteiger partial charge in [-0.25, -0.2) is 4.68 Å². The highest BCUT2D eigenvalue weighted by atomic mass is 32.1. The average molecular weight is 424 g/mol. The van der Waals surface area contributed by atoms with Crippen LogP contribution in [0.25, 0.3) is 11.3 Å². The van der Waals surface area contributed by atoms with E-state index in [0.29, 0.717) is 23.6 Å². The van der Waals surface area contributed by atoms with Gasteiger partial charge in [0.1, 0.15) is 17.2 Å². The summed E-state index contributed by atoms with van der Waals surface area (Å²) in [6.45, 7) is 8.22. The first-order valence-electron chi connectivity index (χ1n) is 9.36. The monoisotopic (exact) mass is 423 g/mol. The van der Waals surface area contributed by atoms with Crippen LogP contribution in [0.15, 0.2) is 70.1 Å². The van der Waals surface area contributed by atoms with Crippen LogP contribution < -0.4 is 14.3 Å². The van der Waals surface area contributed by atoms with E-state index < -0.39 is 0 Å². The number of para-hydroxylation sites is 1. The molecule has 0 radical (unpaired) electrons. The maximum atomic E-state index is 10.4. The van der Waals surface area contributed by atoms with Crippen molar-refractivity contribution in [3.63, 3.8) is 0 Å². The first-order chi connectivity index (χ1) is 14.4. The average Bonchev–Trinajstić information content (AvgIpc) is 3.13. The van der Waals surface area contributed by atoms with Gasteiger partial charge in [0.05, 0.1) is 32.2 Å². The molecule has 30 heavy (non-hydrogen) atoms. The van der Waals surface area contributed by atoms with Crippen molar-refractivity contribution in [1.82, 2.24) is 4.68 Å². The fourth-order valence-corrected chi connectivity index (χ4v) is 3.72. The standard InChI is InChI=1S/C23H25N3O3S/c1-15(2)13-24-23-26(20(14-30-23)19-8-6-7-9-22(19)29-5)25-16(3)18-11-10-17(28-4)12-21(18)27/h6-12,14,27H,1,13H2,2-5H3. The number of benzene rings is 2. The molecule has 3 aromatic rings. The first kappa shape index (κ1) is 21.4. The second-order valence-electron chi connectivity index (χ2n) is 6.76. The molecule has 156 valence electrons. The van der Waals surface area contributed by atoms with Crippen LogP contribution >= 0.6 is 11.3 Å². The quantitative estimate of drug-likeness (QED) is 0.443. The number of phenols is 1. The van der Waals surface area contributed by atoms with E-state index in [9.17, 15) is 5.11 Å². The highest BCUT2D eigenvalue weighted by molar-refractivity contribution is 7.07. The number of nitrogens with zero attached hydrogens (tertiary/aromatic N) is 3. The number of methoxy groups -OCH3 is 2. The third-order valence-electron chi connectivity index (χ3n) is 4.40. The zero-order chi connectivity index (χ0) is 21.7. The van der Waals surface area contributed by atoms with Gasteiger partial charge in [0.2, 0.25) is 4.80 Å². The van der Waals surface area contributed by atoms with Crippen molar-refractivity contribution in [2.45, 2.75) is 13.8 Å². The van der Waals surface area contributed by atoms with Crippen LogP contribution in [0, 0.1) is 0 Å². The van der Waals surface area contributed by atoms with Gasteiger partial charge in [-0.3, -0.25) is 4.99 Å². The van der Waals surface area contributed by atoms with E-state index in [1.54, 1.807) is 37.1 Å². The normalized spacial score (nSPS) is 12.1. The topological polar surface area (TPSA) is 68.3 Å². The SMILES string of the molecule is C=C(C)CN=c1scc(-c2ccccc2OC)n1N=C(C)c1ccc(OC)cc1O. The molecule has 0 bridgehead atoms. The molecule has 3 rings (SSSR count). The van der Waals surface area contributed by atoms with Crippen LogP contribution in [-0.2, 0) is 0 Å². The van der Waals surface area contributed by atoms with Gasteiger partial charge in [0.15, 0.2) is 0 Å². The van der Waals surface area contributed by atoms with Gasteiger partial charge in [-0.05, 0) is 38.1 Å². The Balaban J connectivity index is 2.18. The smallest absolute Gasteiger partial charge is 0.206 e. The van der Waals surface area contributed by atoms with Crippen LogP contribution in [0.4, 0.5) is 0 Å². The summed E-state index contributed by atoms with van der Waals surface area (Å²) in [5.74, 6) is 1.43. The Hall–Kier alpha value is -3.32. The van der Waals surface area contributed by atoms with Crippen molar-refractivity contribution in [3.05, 3.63) is 70.4 Å². The van der Waals surface area contributed by atoms with Crippen LogP contribution in [0.5, 0.6) is 17.2 Å². The lowest BCUT2D eigenvalue weighted by molar-refractivity contribution is 0.407. The Bertz CT molecular complexity index is 1160. The summed E-state index contributed by atoms with van der Waals surface area (Å²) in [6.07, 6.45) is 0. The molecule has 0 unspecified atom stereocenters. The predicted molar refractivity (Wildman–Crippen MR) is 122 cm³/mol. The van der Waals surface area contributed by atoms with Crippen molar-refractivity contribution in [2.24, 2.45) is 10.1 Å². The molecular formula is C23H25N3O3S. The number of phenolic OH excluding ortho intramolecular Hbond substituents is 1. The largest absolute Gasteiger partial charge is 0.507 e. The number of hydrogen-bond acceptors (Lipinski definition) is 6. The minimum absolute atomic E-state index is 0.102. The fraction of sp³-hybridized carbons (Fsp3) is 0.217. The molecule has 0 aliphatic heterocycles. The van der Waals surface area contributed by atoms with Crippen molar-refractivity contribution >= 4 is 17.0 Å². The zero-order valence-electron chi connectivity index (χ0n) is 17.5. The van der Waals surface area contributed by atoms with Gasteiger partial charge in [0, 0.05) is 22.6 Å². The molecule has 0 spiro atoms. The van der Waals surface area contributed by atoms with Crippen LogP contribution in [0.1, 0.15) is 19.4 Å². The Morgan fingerprint density at radius 3 is 2.57 bits per heavy atom. The summed E-state index contributed by atoms with van der Waals surface area (Å²) in [5, 5.41) is 17.2. The number of aromatic hydroxyl groups is 1. The molecule has 0 aliphatic carbocycles. The van der Waals surface area contributed by atoms with Crippen molar-refractivity contribution in [1.29, 1.82) is 0 Å². The molecule has 2 aromatic carbocycles. The molecule has 0 fully saturated rings. The summed E-state index contributed by atoms with van der Waals surface area (Å²) < 4.78 is 12.5. The molecule has 7 heteroatoms. The van der Waals surface area contributed by atoms with E-state index in [2.05, 4.69) is 11.6 Å². The number of ether oxygens (including phenoxy) is 2. The second kappa shape index (κ2) is 9.45. The van der Waals surface area contributed by atoms with Gasteiger partial charge in [0.25, 0.3) is 0 Å². The molecule has 0 atom stereocenters. The number of hydrogen-bond donors (Lipinski definition) is 1. The molecular weight excluding hydrogens is 398 g/mol. The highest BCUT2D eigenvalue weighted by Crippen LogP contribution is 2.30. The molecule has 0 amide bonds. The van der Waals surface area contributed by atoms with E-state index >= 15 is 0 Å². The number of aromatic nitrogens is 1. The summed E-state index contributed by atoms with van der Waals surface area (Å²) in [4.78, 5) is 5.38. The van der Waals surface area contributed by atoms with E-state index in [4.69, 9.17) is 14.6 Å². The van der Waals surface area contributed by atoms with E-state index in [1.165, 1.54) is 11.3 Å². The predicted octanol–water partition coefficient (Wildman–Crippen LogP) is 4.69. The number of rotatable bonds is 7. The second-order valence-corrected chi connectivity index (χ2v) is 7.59. The number of thiazole rings is 1. The third-order valence-corrected chi connectivity index (χ3v) is 5.25. The minimum atomic E-state index is 0.102. The molecule has 6 nitrogen and oxygen atoms in total. The van der Waals surface area contributed by atoms with Gasteiger partial charge >= 0.3 is 0 Å². The summed E-state index contributed by atoms with van der Waals surface area (Å²) in [6, 6.07) is 12.9. The van der Waals surface area contributed by atoms with Gasteiger partial charge in [-0.1, -0.05) is 24.3 Å². The Kier molecular flexibility index (Phi) is 6.74. The lowest BCUT2D eigenvalue weighted by Crippen LogP contribution is -2.15. The van der Waals surface area contributed by atoms with E-state index in [0.717, 1.165) is 27.4 Å². The highest BCUT2D eigenvalue weighted by Gasteiger charge is 2.14. The fourth-order valence-electron chi connectivity index (χ4n) is 2.90. The maximum absolute atomic E-state index is 10.4. The van der Waals surface area contributed by atoms with Crippen LogP contribution in [-0.4, -0.2) is 36.3 Å². The van der Waals surface area contributed by atoms with Crippen molar-refractivity contribution in [3.8, 4) is 28.5 Å². The lowest BCUT2D eigenvalue weighted by Gasteiger charge is -2.11. The first-order valence-corrected chi connectivity index (χ1v) is 10.2. The van der Waals surface area contributed by atoms with Crippen LogP contribution in [0.3, 0.4) is 0 Å². The molecule has 1 aromatic heterocycles. The summed E-state index contributed by atoms with van der Waals surface area (Å²) in [5.41, 5.74) is 3.98. The van der Waals surface area contributed by atoms with E-state index in [-0.39, 0.29) is 5.75 Å².